The fraction of sp³-hybridized carbons (Fsp3) is 0.200. The van der Waals surface area contributed by atoms with Gasteiger partial charge in [-0.2, -0.15) is 0 Å². The summed E-state index contributed by atoms with van der Waals surface area (Å²) in [5, 5.41) is 8.06. The Morgan fingerprint density at radius 1 is 1.11 bits per heavy atom. The molecule has 2 amide bonds. The summed E-state index contributed by atoms with van der Waals surface area (Å²) >= 11 is 3.66. The molecule has 140 valence electrons. The van der Waals surface area contributed by atoms with Gasteiger partial charge in [-0.05, 0) is 65.4 Å². The number of benzene rings is 2. The van der Waals surface area contributed by atoms with Crippen LogP contribution in [0.2, 0.25) is 0 Å². The second-order valence-electron chi connectivity index (χ2n) is 5.85. The number of nitrogens with zero attached hydrogens (tertiary/aromatic N) is 1. The van der Waals surface area contributed by atoms with Gasteiger partial charge in [0, 0.05) is 20.2 Å². The van der Waals surface area contributed by atoms with Crippen molar-refractivity contribution in [1.82, 2.24) is 4.98 Å². The molecule has 2 aromatic carbocycles. The van der Waals surface area contributed by atoms with Crippen LogP contribution in [0.3, 0.4) is 0 Å². The first-order valence-corrected chi connectivity index (χ1v) is 10.6. The number of unbranched alkanes of at least 4 members (excludes halogenated alkanes) is 1. The summed E-state index contributed by atoms with van der Waals surface area (Å²) in [7, 11) is 0. The minimum absolute atomic E-state index is 0.321. The maximum absolute atomic E-state index is 12.2. The summed E-state index contributed by atoms with van der Waals surface area (Å²) in [6.45, 7) is 2.83. The maximum Gasteiger partial charge on any atom is 0.325 e. The minimum Gasteiger partial charge on any atom is -0.494 e. The molecule has 5 nitrogen and oxygen atoms in total. The van der Waals surface area contributed by atoms with Gasteiger partial charge in [-0.1, -0.05) is 25.5 Å². The highest BCUT2D eigenvalue weighted by molar-refractivity contribution is 14.1. The molecule has 0 aliphatic carbocycles. The lowest BCUT2D eigenvalue weighted by Gasteiger charge is -2.08. The standard InChI is InChI=1S/C20H20IN3O2S/c1-2-3-12-26-17-10-8-16(9-11-17)22-19(25)24-20-23-18(13-27-20)14-4-6-15(21)7-5-14/h4-11,13H,2-3,12H2,1H3,(H2,22,23,24,25). The van der Waals surface area contributed by atoms with Crippen molar-refractivity contribution in [2.75, 3.05) is 17.2 Å². The molecule has 0 saturated heterocycles. The molecule has 3 rings (SSSR count). The van der Waals surface area contributed by atoms with Crippen molar-refractivity contribution in [3.05, 3.63) is 57.5 Å². The van der Waals surface area contributed by atoms with E-state index in [2.05, 4.69) is 45.1 Å². The first kappa shape index (κ1) is 19.6. The van der Waals surface area contributed by atoms with Crippen molar-refractivity contribution in [1.29, 1.82) is 0 Å². The zero-order chi connectivity index (χ0) is 19.1. The number of rotatable bonds is 7. The zero-order valence-electron chi connectivity index (χ0n) is 14.9. The molecule has 3 aromatic rings. The van der Waals surface area contributed by atoms with Gasteiger partial charge < -0.3 is 10.1 Å². The van der Waals surface area contributed by atoms with Crippen molar-refractivity contribution >= 4 is 50.8 Å². The minimum atomic E-state index is -0.321. The summed E-state index contributed by atoms with van der Waals surface area (Å²) in [4.78, 5) is 16.7. The Morgan fingerprint density at radius 2 is 1.85 bits per heavy atom. The second-order valence-corrected chi connectivity index (χ2v) is 7.95. The fourth-order valence-corrected chi connectivity index (χ4v) is 3.39. The molecule has 0 spiro atoms. The van der Waals surface area contributed by atoms with Gasteiger partial charge in [0.05, 0.1) is 12.3 Å². The zero-order valence-corrected chi connectivity index (χ0v) is 17.8. The maximum atomic E-state index is 12.2. The molecule has 0 aliphatic heterocycles. The summed E-state index contributed by atoms with van der Waals surface area (Å²) in [6, 6.07) is 15.1. The third kappa shape index (κ3) is 5.93. The lowest BCUT2D eigenvalue weighted by atomic mass is 10.2. The number of hydrogen-bond acceptors (Lipinski definition) is 4. The molecule has 0 unspecified atom stereocenters. The molecule has 1 aromatic heterocycles. The van der Waals surface area contributed by atoms with E-state index in [1.54, 1.807) is 0 Å². The Morgan fingerprint density at radius 3 is 2.56 bits per heavy atom. The van der Waals surface area contributed by atoms with Gasteiger partial charge in [-0.3, -0.25) is 5.32 Å². The molecule has 1 heterocycles. The predicted octanol–water partition coefficient (Wildman–Crippen LogP) is 6.24. The monoisotopic (exact) mass is 493 g/mol. The third-order valence-electron chi connectivity index (χ3n) is 3.74. The summed E-state index contributed by atoms with van der Waals surface area (Å²) < 4.78 is 6.79. The van der Waals surface area contributed by atoms with Gasteiger partial charge in [-0.25, -0.2) is 9.78 Å². The Bertz CT molecular complexity index is 879. The van der Waals surface area contributed by atoms with E-state index in [4.69, 9.17) is 4.74 Å². The van der Waals surface area contributed by atoms with E-state index in [1.807, 2.05) is 53.9 Å². The number of anilines is 2. The number of ether oxygens (including phenoxy) is 1. The molecular weight excluding hydrogens is 473 g/mol. The van der Waals surface area contributed by atoms with Crippen molar-refractivity contribution in [3.63, 3.8) is 0 Å². The van der Waals surface area contributed by atoms with E-state index in [0.717, 1.165) is 29.8 Å². The molecule has 27 heavy (non-hydrogen) atoms. The predicted molar refractivity (Wildman–Crippen MR) is 120 cm³/mol. The second kappa shape index (κ2) is 9.70. The lowest BCUT2D eigenvalue weighted by molar-refractivity contribution is 0.262. The van der Waals surface area contributed by atoms with Gasteiger partial charge in [0.2, 0.25) is 0 Å². The van der Waals surface area contributed by atoms with Crippen LogP contribution in [0.5, 0.6) is 5.75 Å². The van der Waals surface area contributed by atoms with Crippen LogP contribution < -0.4 is 15.4 Å². The van der Waals surface area contributed by atoms with Crippen molar-refractivity contribution in [3.8, 4) is 17.0 Å². The molecule has 0 aliphatic rings. The van der Waals surface area contributed by atoms with E-state index in [0.29, 0.717) is 17.4 Å². The average Bonchev–Trinajstić information content (AvgIpc) is 3.12. The smallest absolute Gasteiger partial charge is 0.325 e. The van der Waals surface area contributed by atoms with Crippen LogP contribution in [0.25, 0.3) is 11.3 Å². The summed E-state index contributed by atoms with van der Waals surface area (Å²) in [5.74, 6) is 0.802. The topological polar surface area (TPSA) is 63.2 Å². The largest absolute Gasteiger partial charge is 0.494 e. The SMILES string of the molecule is CCCCOc1ccc(NC(=O)Nc2nc(-c3ccc(I)cc3)cs2)cc1. The molecule has 0 radical (unpaired) electrons. The van der Waals surface area contributed by atoms with E-state index >= 15 is 0 Å². The number of amides is 2. The van der Waals surface area contributed by atoms with Gasteiger partial charge in [0.25, 0.3) is 0 Å². The third-order valence-corrected chi connectivity index (χ3v) is 5.22. The van der Waals surface area contributed by atoms with Gasteiger partial charge >= 0.3 is 6.03 Å². The van der Waals surface area contributed by atoms with Crippen molar-refractivity contribution < 1.29 is 9.53 Å². The summed E-state index contributed by atoms with van der Waals surface area (Å²) in [5.41, 5.74) is 2.57. The normalized spacial score (nSPS) is 10.4. The van der Waals surface area contributed by atoms with Gasteiger partial charge in [0.1, 0.15) is 5.75 Å². The van der Waals surface area contributed by atoms with E-state index in [1.165, 1.54) is 14.9 Å². The molecule has 0 fully saturated rings. The van der Waals surface area contributed by atoms with E-state index < -0.39 is 0 Å². The molecular formula is C20H20IN3O2S. The number of nitrogens with one attached hydrogen (secondary N) is 2. The number of thiazole rings is 1. The van der Waals surface area contributed by atoms with Crippen molar-refractivity contribution in [2.24, 2.45) is 0 Å². The Kier molecular flexibility index (Phi) is 7.05. The molecule has 0 bridgehead atoms. The molecule has 7 heteroatoms. The number of urea groups is 1. The average molecular weight is 493 g/mol. The van der Waals surface area contributed by atoms with E-state index in [-0.39, 0.29) is 6.03 Å². The van der Waals surface area contributed by atoms with Crippen LogP contribution >= 0.6 is 33.9 Å². The lowest BCUT2D eigenvalue weighted by Crippen LogP contribution is -2.19. The van der Waals surface area contributed by atoms with Crippen LogP contribution in [0, 0.1) is 3.57 Å². The quantitative estimate of drug-likeness (QED) is 0.303. The number of carbonyl (C=O) groups excluding carboxylic acids is 1. The highest BCUT2D eigenvalue weighted by Gasteiger charge is 2.08. The van der Waals surface area contributed by atoms with E-state index in [9.17, 15) is 4.79 Å². The first-order valence-electron chi connectivity index (χ1n) is 8.66. The number of carbonyl (C=O) groups is 1. The highest BCUT2D eigenvalue weighted by Crippen LogP contribution is 2.25. The fourth-order valence-electron chi connectivity index (χ4n) is 2.31. The Labute approximate surface area is 176 Å². The van der Waals surface area contributed by atoms with Crippen LogP contribution in [0.15, 0.2) is 53.9 Å². The molecule has 0 saturated carbocycles. The molecule has 0 atom stereocenters. The number of aromatic nitrogens is 1. The van der Waals surface area contributed by atoms with Crippen molar-refractivity contribution in [2.45, 2.75) is 19.8 Å². The van der Waals surface area contributed by atoms with Crippen LogP contribution in [-0.4, -0.2) is 17.6 Å². The molecule has 2 N–H and O–H groups in total. The van der Waals surface area contributed by atoms with Gasteiger partial charge in [0.15, 0.2) is 5.13 Å². The van der Waals surface area contributed by atoms with Gasteiger partial charge in [-0.15, -0.1) is 11.3 Å². The number of hydrogen-bond donors (Lipinski definition) is 2. The highest BCUT2D eigenvalue weighted by atomic mass is 127. The summed E-state index contributed by atoms with van der Waals surface area (Å²) in [6.07, 6.45) is 2.13. The first-order chi connectivity index (χ1) is 13.1. The Hall–Kier alpha value is -2.13. The van der Waals surface area contributed by atoms with Crippen LogP contribution in [0.1, 0.15) is 19.8 Å². The van der Waals surface area contributed by atoms with Crippen LogP contribution in [0.4, 0.5) is 15.6 Å². The van der Waals surface area contributed by atoms with Crippen LogP contribution in [-0.2, 0) is 0 Å². The number of halogens is 1. The Balaban J connectivity index is 1.54.